The lowest BCUT2D eigenvalue weighted by atomic mass is 9.96. The van der Waals surface area contributed by atoms with E-state index >= 15 is 0 Å². The minimum absolute atomic E-state index is 0.208. The van der Waals surface area contributed by atoms with Crippen LogP contribution >= 0.6 is 0 Å². The van der Waals surface area contributed by atoms with E-state index in [0.29, 0.717) is 6.42 Å². The summed E-state index contributed by atoms with van der Waals surface area (Å²) in [6.07, 6.45) is 0.634. The second kappa shape index (κ2) is 3.38. The summed E-state index contributed by atoms with van der Waals surface area (Å²) in [5.74, 6) is 5.08. The molecule has 1 N–H and O–H groups in total. The van der Waals surface area contributed by atoms with E-state index in [1.54, 1.807) is 0 Å². The molecule has 0 aliphatic heterocycles. The Hall–Kier alpha value is -1.75. The van der Waals surface area contributed by atoms with Crippen molar-refractivity contribution in [2.75, 3.05) is 0 Å². The molecule has 82 valence electrons. The van der Waals surface area contributed by atoms with Crippen LogP contribution in [0.1, 0.15) is 25.8 Å². The first-order chi connectivity index (χ1) is 7.48. The highest BCUT2D eigenvalue weighted by Crippen LogP contribution is 2.63. The van der Waals surface area contributed by atoms with E-state index < -0.39 is 11.4 Å². The molecule has 2 rings (SSSR count). The van der Waals surface area contributed by atoms with Gasteiger partial charge in [-0.05, 0) is 24.0 Å². The number of aliphatic carboxylic acids is 1. The summed E-state index contributed by atoms with van der Waals surface area (Å²) >= 11 is 0. The van der Waals surface area contributed by atoms with Crippen LogP contribution in [0.3, 0.4) is 0 Å². The van der Waals surface area contributed by atoms with Crippen molar-refractivity contribution in [1.82, 2.24) is 0 Å². The fourth-order valence-corrected chi connectivity index (χ4v) is 1.95. The molecule has 1 aliphatic rings. The summed E-state index contributed by atoms with van der Waals surface area (Å²) in [4.78, 5) is 11.2. The largest absolute Gasteiger partial charge is 0.480 e. The van der Waals surface area contributed by atoms with Crippen molar-refractivity contribution < 1.29 is 9.90 Å². The first-order valence-corrected chi connectivity index (χ1v) is 5.30. The smallest absolute Gasteiger partial charge is 0.322 e. The van der Waals surface area contributed by atoms with E-state index in [0.717, 1.165) is 5.56 Å². The van der Waals surface area contributed by atoms with Gasteiger partial charge in [-0.25, -0.2) is 0 Å². The lowest BCUT2D eigenvalue weighted by Crippen LogP contribution is -2.18. The van der Waals surface area contributed by atoms with Crippen LogP contribution in [0.5, 0.6) is 0 Å². The number of carbonyl (C=O) groups is 1. The molecule has 1 aliphatic carbocycles. The predicted octanol–water partition coefficient (Wildman–Crippen LogP) is 2.54. The molecule has 1 fully saturated rings. The summed E-state index contributed by atoms with van der Waals surface area (Å²) in [7, 11) is 0. The minimum Gasteiger partial charge on any atom is -0.480 e. The van der Waals surface area contributed by atoms with Crippen LogP contribution in [0.25, 0.3) is 0 Å². The van der Waals surface area contributed by atoms with E-state index in [-0.39, 0.29) is 5.41 Å². The molecule has 0 saturated heterocycles. The van der Waals surface area contributed by atoms with Gasteiger partial charge in [-0.15, -0.1) is 0 Å². The third-order valence-electron chi connectivity index (χ3n) is 3.30. The Morgan fingerprint density at radius 1 is 1.31 bits per heavy atom. The first kappa shape index (κ1) is 10.8. The summed E-state index contributed by atoms with van der Waals surface area (Å²) in [5, 5.41) is 9.21. The average molecular weight is 214 g/mol. The number of benzene rings is 1. The maximum absolute atomic E-state index is 11.2. The molecule has 0 heterocycles. The number of carboxylic acid groups (broad SMARTS) is 1. The van der Waals surface area contributed by atoms with Gasteiger partial charge in [0.15, 0.2) is 0 Å². The maximum Gasteiger partial charge on any atom is 0.322 e. The van der Waals surface area contributed by atoms with Crippen LogP contribution in [0.2, 0.25) is 0 Å². The van der Waals surface area contributed by atoms with Gasteiger partial charge in [0.25, 0.3) is 0 Å². The highest BCUT2D eigenvalue weighted by atomic mass is 16.4. The van der Waals surface area contributed by atoms with Gasteiger partial charge in [0, 0.05) is 5.56 Å². The second-order valence-electron chi connectivity index (χ2n) is 4.89. The van der Waals surface area contributed by atoms with Gasteiger partial charge < -0.3 is 5.11 Å². The van der Waals surface area contributed by atoms with Crippen LogP contribution in [0.4, 0.5) is 0 Å². The third kappa shape index (κ3) is 1.59. The Bertz CT molecular complexity index is 476. The summed E-state index contributed by atoms with van der Waals surface area (Å²) in [5.41, 5.74) is -0.186. The molecule has 0 aromatic heterocycles. The standard InChI is InChI=1S/C14H14O2/c1-13(2)10-14(13,12(15)16)9-8-11-6-4-3-5-7-11/h3-7H,10H2,1-2H3,(H,15,16)/t14-/m0/s1. The van der Waals surface area contributed by atoms with Gasteiger partial charge in [0.05, 0.1) is 0 Å². The quantitative estimate of drug-likeness (QED) is 0.729. The van der Waals surface area contributed by atoms with Crippen molar-refractivity contribution >= 4 is 5.97 Å². The molecule has 2 nitrogen and oxygen atoms in total. The summed E-state index contributed by atoms with van der Waals surface area (Å²) in [6, 6.07) is 9.49. The Balaban J connectivity index is 2.29. The lowest BCUT2D eigenvalue weighted by Gasteiger charge is -2.07. The van der Waals surface area contributed by atoms with Crippen molar-refractivity contribution in [2.45, 2.75) is 20.3 Å². The SMILES string of the molecule is CC1(C)C[C@@]1(C#Cc1ccccc1)C(=O)O. The number of hydrogen-bond acceptors (Lipinski definition) is 1. The van der Waals surface area contributed by atoms with E-state index in [4.69, 9.17) is 0 Å². The molecule has 0 spiro atoms. The molecule has 1 aromatic carbocycles. The van der Waals surface area contributed by atoms with E-state index in [1.165, 1.54) is 0 Å². The third-order valence-corrected chi connectivity index (χ3v) is 3.30. The first-order valence-electron chi connectivity index (χ1n) is 5.30. The molecular formula is C14H14O2. The Morgan fingerprint density at radius 2 is 1.88 bits per heavy atom. The van der Waals surface area contributed by atoms with Gasteiger partial charge in [0.2, 0.25) is 0 Å². The molecule has 0 unspecified atom stereocenters. The summed E-state index contributed by atoms with van der Waals surface area (Å²) in [6.45, 7) is 3.89. The van der Waals surface area contributed by atoms with Crippen molar-refractivity contribution in [3.63, 3.8) is 0 Å². The minimum atomic E-state index is -0.844. The molecule has 1 saturated carbocycles. The molecule has 2 heteroatoms. The second-order valence-corrected chi connectivity index (χ2v) is 4.89. The van der Waals surface area contributed by atoms with E-state index in [1.807, 2.05) is 44.2 Å². The molecule has 1 aromatic rings. The molecule has 0 bridgehead atoms. The fourth-order valence-electron chi connectivity index (χ4n) is 1.95. The van der Waals surface area contributed by atoms with Crippen LogP contribution in [0.15, 0.2) is 30.3 Å². The number of carboxylic acids is 1. The molecule has 1 atom stereocenters. The van der Waals surface area contributed by atoms with Gasteiger partial charge in [0.1, 0.15) is 5.41 Å². The molecular weight excluding hydrogens is 200 g/mol. The van der Waals surface area contributed by atoms with Gasteiger partial charge in [-0.3, -0.25) is 4.79 Å². The monoisotopic (exact) mass is 214 g/mol. The zero-order valence-electron chi connectivity index (χ0n) is 9.45. The zero-order chi connectivity index (χ0) is 11.8. The highest BCUT2D eigenvalue weighted by Gasteiger charge is 2.66. The maximum atomic E-state index is 11.2. The summed E-state index contributed by atoms with van der Waals surface area (Å²) < 4.78 is 0. The van der Waals surface area contributed by atoms with Crippen molar-refractivity contribution in [1.29, 1.82) is 0 Å². The van der Waals surface area contributed by atoms with Crippen LogP contribution in [-0.2, 0) is 4.79 Å². The van der Waals surface area contributed by atoms with E-state index in [9.17, 15) is 9.90 Å². The van der Waals surface area contributed by atoms with Crippen LogP contribution in [-0.4, -0.2) is 11.1 Å². The van der Waals surface area contributed by atoms with Crippen molar-refractivity contribution in [3.8, 4) is 11.8 Å². The van der Waals surface area contributed by atoms with Gasteiger partial charge in [-0.2, -0.15) is 0 Å². The van der Waals surface area contributed by atoms with Crippen molar-refractivity contribution in [2.24, 2.45) is 10.8 Å². The van der Waals surface area contributed by atoms with Crippen LogP contribution in [0, 0.1) is 22.7 Å². The predicted molar refractivity (Wildman–Crippen MR) is 61.8 cm³/mol. The Kier molecular flexibility index (Phi) is 2.27. The fraction of sp³-hybridized carbons (Fsp3) is 0.357. The van der Waals surface area contributed by atoms with Gasteiger partial charge >= 0.3 is 5.97 Å². The topological polar surface area (TPSA) is 37.3 Å². The number of rotatable bonds is 1. The normalized spacial score (nSPS) is 25.4. The molecule has 0 amide bonds. The van der Waals surface area contributed by atoms with Gasteiger partial charge in [-0.1, -0.05) is 43.9 Å². The molecule has 0 radical (unpaired) electrons. The van der Waals surface area contributed by atoms with E-state index in [2.05, 4.69) is 11.8 Å². The van der Waals surface area contributed by atoms with Crippen molar-refractivity contribution in [3.05, 3.63) is 35.9 Å². The molecule has 16 heavy (non-hydrogen) atoms. The Morgan fingerprint density at radius 3 is 2.31 bits per heavy atom. The van der Waals surface area contributed by atoms with Crippen LogP contribution < -0.4 is 0 Å². The Labute approximate surface area is 95.3 Å². The number of hydrogen-bond donors (Lipinski definition) is 1. The highest BCUT2D eigenvalue weighted by molar-refractivity contribution is 5.84. The lowest BCUT2D eigenvalue weighted by molar-refractivity contribution is -0.142. The zero-order valence-corrected chi connectivity index (χ0v) is 9.45. The average Bonchev–Trinajstić information content (AvgIpc) is 2.81.